The van der Waals surface area contributed by atoms with Crippen LogP contribution in [0.4, 0.5) is 5.69 Å². The predicted octanol–water partition coefficient (Wildman–Crippen LogP) is 9.92. The minimum absolute atomic E-state index is 0.0534. The van der Waals surface area contributed by atoms with E-state index >= 15 is 0 Å². The lowest BCUT2D eigenvalue weighted by Gasteiger charge is -2.65. The molecule has 1 aromatic carbocycles. The molecule has 4 unspecified atom stereocenters. The number of hydrogen-bond donors (Lipinski definition) is 0. The van der Waals surface area contributed by atoms with Crippen LogP contribution in [-0.2, 0) is 9.53 Å². The minimum Gasteiger partial charge on any atom is -0.463 e. The standard InChI is InChI=1S/C41H57N3O2/c1-27(2)13-12-14-28(3)33-18-19-34-32-26-41(38(42-30-15-8-7-9-16-30)44-24-11-10-17-37(44)43-41)36-25-31(46-29(4)45)20-22-40(36,6)35(32)21-23-39(33,34)5/h7-11,15-17,24,27-28,31-36H,12-14,18-23,25-26H2,1-6H3/t28-,31+,32?,33+,34?,35?,36?,39-,40-,41-/m1/s1. The SMILES string of the molecule is CC(=O)O[C@H]1CC[C@]2(C)C3CC[C@@]4(C)C(CC[C@H]4[C@H](C)CCCC(C)C)C3C[C@@]3(N=C4C=CC=CN4C3=Nc3ccccc3)C2C1. The summed E-state index contributed by atoms with van der Waals surface area (Å²) in [5.41, 5.74) is 1.05. The summed E-state index contributed by atoms with van der Waals surface area (Å²) in [7, 11) is 0. The number of allylic oxidation sites excluding steroid dienone is 2. The first-order valence-corrected chi connectivity index (χ1v) is 18.6. The molecule has 4 fully saturated rings. The normalized spacial score (nSPS) is 40.8. The summed E-state index contributed by atoms with van der Waals surface area (Å²) < 4.78 is 6.00. The molecule has 5 heteroatoms. The first kappa shape index (κ1) is 31.9. The average molecular weight is 624 g/mol. The van der Waals surface area contributed by atoms with E-state index in [1.165, 1.54) is 44.9 Å². The average Bonchev–Trinajstić information content (AvgIpc) is 3.53. The van der Waals surface area contributed by atoms with E-state index in [9.17, 15) is 4.79 Å². The maximum atomic E-state index is 12.2. The number of carbonyl (C=O) groups excluding carboxylic acids is 1. The number of para-hydroxylation sites is 1. The Hall–Kier alpha value is -2.69. The molecule has 6 aliphatic rings. The predicted molar refractivity (Wildman–Crippen MR) is 188 cm³/mol. The Kier molecular flexibility index (Phi) is 8.37. The van der Waals surface area contributed by atoms with Gasteiger partial charge in [0.05, 0.1) is 5.69 Å². The molecular weight excluding hydrogens is 566 g/mol. The van der Waals surface area contributed by atoms with Crippen LogP contribution in [0.2, 0.25) is 0 Å². The van der Waals surface area contributed by atoms with Gasteiger partial charge in [0.25, 0.3) is 0 Å². The minimum atomic E-state index is -0.446. The van der Waals surface area contributed by atoms with Crippen LogP contribution in [0.5, 0.6) is 0 Å². The van der Waals surface area contributed by atoms with Gasteiger partial charge in [-0.25, -0.2) is 4.99 Å². The van der Waals surface area contributed by atoms with Crippen molar-refractivity contribution in [3.05, 3.63) is 54.8 Å². The van der Waals surface area contributed by atoms with Gasteiger partial charge in [0.15, 0.2) is 0 Å². The Balaban J connectivity index is 1.30. The van der Waals surface area contributed by atoms with Gasteiger partial charge in [-0.3, -0.25) is 14.7 Å². The number of carbonyl (C=O) groups is 1. The molecule has 10 atom stereocenters. The summed E-state index contributed by atoms with van der Waals surface area (Å²) in [6.07, 6.45) is 22.0. The molecule has 0 saturated heterocycles. The smallest absolute Gasteiger partial charge is 0.302 e. The first-order valence-electron chi connectivity index (χ1n) is 18.6. The number of amidine groups is 2. The van der Waals surface area contributed by atoms with Crippen LogP contribution in [0.25, 0.3) is 0 Å². The Bertz CT molecular complexity index is 1430. The van der Waals surface area contributed by atoms with Crippen molar-refractivity contribution in [1.82, 2.24) is 4.90 Å². The topological polar surface area (TPSA) is 54.3 Å². The number of benzene rings is 1. The van der Waals surface area contributed by atoms with Gasteiger partial charge in [-0.15, -0.1) is 0 Å². The Morgan fingerprint density at radius 1 is 1.00 bits per heavy atom. The molecule has 0 bridgehead atoms. The second kappa shape index (κ2) is 12.1. The Labute approximate surface area is 278 Å². The summed E-state index contributed by atoms with van der Waals surface area (Å²) in [6.45, 7) is 14.2. The van der Waals surface area contributed by atoms with Gasteiger partial charge in [-0.2, -0.15) is 0 Å². The van der Waals surface area contributed by atoms with Gasteiger partial charge in [-0.05, 0) is 122 Å². The second-order valence-corrected chi connectivity index (χ2v) is 16.9. The van der Waals surface area contributed by atoms with Crippen molar-refractivity contribution in [2.45, 2.75) is 124 Å². The molecule has 1 spiro atoms. The molecule has 2 aliphatic heterocycles. The van der Waals surface area contributed by atoms with E-state index in [2.05, 4.69) is 94.3 Å². The highest BCUT2D eigenvalue weighted by molar-refractivity contribution is 6.17. The van der Waals surface area contributed by atoms with Crippen LogP contribution >= 0.6 is 0 Å². The Morgan fingerprint density at radius 2 is 1.76 bits per heavy atom. The van der Waals surface area contributed by atoms with Gasteiger partial charge in [0, 0.05) is 19.0 Å². The van der Waals surface area contributed by atoms with Crippen LogP contribution in [0.1, 0.15) is 112 Å². The molecule has 0 amide bonds. The van der Waals surface area contributed by atoms with E-state index in [0.717, 1.165) is 66.7 Å². The molecule has 0 aromatic heterocycles. The summed E-state index contributed by atoms with van der Waals surface area (Å²) in [5, 5.41) is 0. The van der Waals surface area contributed by atoms with Gasteiger partial charge >= 0.3 is 5.97 Å². The summed E-state index contributed by atoms with van der Waals surface area (Å²) >= 11 is 0. The Morgan fingerprint density at radius 3 is 2.52 bits per heavy atom. The van der Waals surface area contributed by atoms with Crippen molar-refractivity contribution in [1.29, 1.82) is 0 Å². The largest absolute Gasteiger partial charge is 0.463 e. The van der Waals surface area contributed by atoms with Gasteiger partial charge in [0.2, 0.25) is 0 Å². The summed E-state index contributed by atoms with van der Waals surface area (Å²) in [4.78, 5) is 25.8. The van der Waals surface area contributed by atoms with Crippen LogP contribution < -0.4 is 0 Å². The molecular formula is C41H57N3O2. The zero-order valence-electron chi connectivity index (χ0n) is 29.3. The zero-order valence-corrected chi connectivity index (χ0v) is 29.3. The summed E-state index contributed by atoms with van der Waals surface area (Å²) in [6, 6.07) is 10.5. The van der Waals surface area contributed by atoms with Crippen molar-refractivity contribution in [2.24, 2.45) is 62.2 Å². The molecule has 248 valence electrons. The van der Waals surface area contributed by atoms with Crippen LogP contribution in [0.15, 0.2) is 64.7 Å². The number of aliphatic imine (C=N–C) groups is 2. The highest BCUT2D eigenvalue weighted by Crippen LogP contribution is 2.71. The van der Waals surface area contributed by atoms with Crippen LogP contribution in [0.3, 0.4) is 0 Å². The third-order valence-electron chi connectivity index (χ3n) is 14.0. The van der Waals surface area contributed by atoms with Crippen molar-refractivity contribution >= 4 is 23.3 Å². The van der Waals surface area contributed by atoms with Crippen molar-refractivity contribution in [3.63, 3.8) is 0 Å². The fourth-order valence-electron chi connectivity index (χ4n) is 12.1. The number of ether oxygens (including phenoxy) is 1. The molecule has 7 rings (SSSR count). The molecule has 46 heavy (non-hydrogen) atoms. The highest BCUT2D eigenvalue weighted by atomic mass is 16.5. The fourth-order valence-corrected chi connectivity index (χ4v) is 12.1. The van der Waals surface area contributed by atoms with E-state index in [1.54, 1.807) is 6.92 Å². The van der Waals surface area contributed by atoms with Gasteiger partial charge < -0.3 is 4.74 Å². The van der Waals surface area contributed by atoms with Crippen LogP contribution in [-0.4, -0.2) is 34.2 Å². The maximum absolute atomic E-state index is 12.2. The number of hydrogen-bond acceptors (Lipinski definition) is 4. The highest BCUT2D eigenvalue weighted by Gasteiger charge is 2.69. The maximum Gasteiger partial charge on any atom is 0.302 e. The molecule has 4 aliphatic carbocycles. The van der Waals surface area contributed by atoms with E-state index in [4.69, 9.17) is 14.7 Å². The first-order chi connectivity index (χ1) is 22.0. The van der Waals surface area contributed by atoms with E-state index in [0.29, 0.717) is 17.3 Å². The number of nitrogens with zero attached hydrogens (tertiary/aromatic N) is 3. The fraction of sp³-hybridized carbons (Fsp3) is 0.683. The second-order valence-electron chi connectivity index (χ2n) is 16.9. The zero-order chi connectivity index (χ0) is 32.3. The third-order valence-corrected chi connectivity index (χ3v) is 14.0. The quantitative estimate of drug-likeness (QED) is 0.284. The van der Waals surface area contributed by atoms with E-state index in [-0.39, 0.29) is 23.4 Å². The lowest BCUT2D eigenvalue weighted by Crippen LogP contribution is -2.65. The number of esters is 1. The van der Waals surface area contributed by atoms with E-state index < -0.39 is 5.54 Å². The van der Waals surface area contributed by atoms with E-state index in [1.807, 2.05) is 0 Å². The van der Waals surface area contributed by atoms with Gasteiger partial charge in [0.1, 0.15) is 23.3 Å². The third kappa shape index (κ3) is 5.23. The molecule has 5 nitrogen and oxygen atoms in total. The molecule has 0 N–H and O–H groups in total. The number of fused-ring (bicyclic) bond motifs is 7. The van der Waals surface area contributed by atoms with Crippen molar-refractivity contribution in [2.75, 3.05) is 0 Å². The molecule has 4 saturated carbocycles. The lowest BCUT2D eigenvalue weighted by molar-refractivity contribution is -0.167. The van der Waals surface area contributed by atoms with Crippen molar-refractivity contribution in [3.8, 4) is 0 Å². The van der Waals surface area contributed by atoms with Crippen LogP contribution in [0, 0.1) is 52.3 Å². The van der Waals surface area contributed by atoms with Gasteiger partial charge in [-0.1, -0.05) is 78.2 Å². The monoisotopic (exact) mass is 623 g/mol. The van der Waals surface area contributed by atoms with Crippen molar-refractivity contribution < 1.29 is 9.53 Å². The molecule has 1 aromatic rings. The lowest BCUT2D eigenvalue weighted by atomic mass is 9.40. The summed E-state index contributed by atoms with van der Waals surface area (Å²) in [5.74, 6) is 6.61. The molecule has 0 radical (unpaired) electrons. The molecule has 2 heterocycles. The number of rotatable bonds is 7.